The molecule has 3 aliphatic rings. The lowest BCUT2D eigenvalue weighted by molar-refractivity contribution is -0.134. The Bertz CT molecular complexity index is 1300. The lowest BCUT2D eigenvalue weighted by Gasteiger charge is -2.35. The van der Waals surface area contributed by atoms with E-state index < -0.39 is 18.1 Å². The number of carbonyl (C=O) groups excluding carboxylic acids is 3. The van der Waals surface area contributed by atoms with Crippen molar-refractivity contribution in [2.75, 3.05) is 50.8 Å². The first-order valence-corrected chi connectivity index (χ1v) is 14.4. The number of piperazine rings is 1. The molecular formula is C29H36N6O7. The number of ether oxygens (including phenoxy) is 2. The first kappa shape index (κ1) is 29.1. The maximum absolute atomic E-state index is 13.4. The summed E-state index contributed by atoms with van der Waals surface area (Å²) >= 11 is 0. The number of carboxylic acid groups (broad SMARTS) is 1. The molecule has 1 saturated carbocycles. The molecule has 0 radical (unpaired) electrons. The summed E-state index contributed by atoms with van der Waals surface area (Å²) in [6.07, 6.45) is -0.206. The molecule has 42 heavy (non-hydrogen) atoms. The van der Waals surface area contributed by atoms with Crippen molar-refractivity contribution < 1.29 is 33.8 Å². The predicted octanol–water partition coefficient (Wildman–Crippen LogP) is 2.47. The number of nitrogens with zero attached hydrogens (tertiary/aromatic N) is 5. The normalized spacial score (nSPS) is 21.8. The van der Waals surface area contributed by atoms with Gasteiger partial charge in [0.1, 0.15) is 23.7 Å². The number of hydrogen-bond acceptors (Lipinski definition) is 9. The highest BCUT2D eigenvalue weighted by Crippen LogP contribution is 2.48. The van der Waals surface area contributed by atoms with Crippen molar-refractivity contribution >= 4 is 29.9 Å². The van der Waals surface area contributed by atoms with E-state index in [9.17, 15) is 19.2 Å². The Morgan fingerprint density at radius 1 is 1.02 bits per heavy atom. The van der Waals surface area contributed by atoms with Gasteiger partial charge in [0.25, 0.3) is 5.91 Å². The first-order chi connectivity index (χ1) is 20.2. The van der Waals surface area contributed by atoms with Gasteiger partial charge in [-0.1, -0.05) is 43.7 Å². The lowest BCUT2D eigenvalue weighted by atomic mass is 10.2. The molecule has 0 bridgehead atoms. The topological polar surface area (TPSA) is 154 Å². The molecule has 3 heterocycles. The summed E-state index contributed by atoms with van der Waals surface area (Å²) in [5.74, 6) is 0.346. The molecule has 1 aromatic heterocycles. The Balaban J connectivity index is 1.23. The average Bonchev–Trinajstić information content (AvgIpc) is 3.41. The van der Waals surface area contributed by atoms with Gasteiger partial charge in [0, 0.05) is 62.7 Å². The Morgan fingerprint density at radius 2 is 1.69 bits per heavy atom. The molecule has 4 atom stereocenters. The van der Waals surface area contributed by atoms with Crippen LogP contribution in [-0.4, -0.2) is 107 Å². The minimum absolute atomic E-state index is 0.0878. The van der Waals surface area contributed by atoms with Crippen molar-refractivity contribution in [2.24, 2.45) is 11.8 Å². The van der Waals surface area contributed by atoms with E-state index in [1.807, 2.05) is 42.2 Å². The number of amides is 3. The fourth-order valence-corrected chi connectivity index (χ4v) is 5.49. The lowest BCUT2D eigenvalue weighted by Crippen LogP contribution is -2.55. The van der Waals surface area contributed by atoms with Gasteiger partial charge in [-0.05, 0) is 13.3 Å². The molecule has 1 aromatic carbocycles. The van der Waals surface area contributed by atoms with Crippen molar-refractivity contribution in [3.05, 3.63) is 42.1 Å². The SMILES string of the molecule is CCCCOC(=O)N1CCN(C(=O)[C@H](C)NC(=O)c2cc(N3C[C@@H]4C(OC(=O)O)[C@@H]4C3)nc(-c3ccccc3)n2)CC1. The van der Waals surface area contributed by atoms with Gasteiger partial charge in [0.15, 0.2) is 5.82 Å². The second kappa shape index (κ2) is 12.6. The molecule has 2 aromatic rings. The summed E-state index contributed by atoms with van der Waals surface area (Å²) in [5, 5.41) is 11.7. The number of hydrogen-bond donors (Lipinski definition) is 2. The van der Waals surface area contributed by atoms with E-state index in [1.165, 1.54) is 0 Å². The number of rotatable bonds is 9. The third-order valence-electron chi connectivity index (χ3n) is 7.94. The highest BCUT2D eigenvalue weighted by molar-refractivity contribution is 5.97. The van der Waals surface area contributed by atoms with Crippen LogP contribution in [0.1, 0.15) is 37.2 Å². The van der Waals surface area contributed by atoms with Crippen molar-refractivity contribution in [1.82, 2.24) is 25.1 Å². The number of aromatic nitrogens is 2. The van der Waals surface area contributed by atoms with Crippen LogP contribution in [0.4, 0.5) is 15.4 Å². The highest BCUT2D eigenvalue weighted by Gasteiger charge is 2.59. The summed E-state index contributed by atoms with van der Waals surface area (Å²) in [7, 11) is 0. The number of fused-ring (bicyclic) bond motifs is 1. The number of anilines is 1. The smallest absolute Gasteiger partial charge is 0.450 e. The van der Waals surface area contributed by atoms with Crippen LogP contribution >= 0.6 is 0 Å². The van der Waals surface area contributed by atoms with Gasteiger partial charge >= 0.3 is 12.2 Å². The van der Waals surface area contributed by atoms with Gasteiger partial charge < -0.3 is 34.6 Å². The van der Waals surface area contributed by atoms with Crippen LogP contribution in [0, 0.1) is 11.8 Å². The number of unbranched alkanes of at least 4 members (excludes halogenated alkanes) is 1. The van der Waals surface area contributed by atoms with Crippen LogP contribution in [0.25, 0.3) is 11.4 Å². The zero-order chi connectivity index (χ0) is 29.8. The fourth-order valence-electron chi connectivity index (χ4n) is 5.49. The minimum Gasteiger partial charge on any atom is -0.450 e. The van der Waals surface area contributed by atoms with E-state index in [4.69, 9.17) is 19.6 Å². The Hall–Kier alpha value is -4.42. The molecule has 0 spiro atoms. The molecular weight excluding hydrogens is 544 g/mol. The molecule has 3 fully saturated rings. The zero-order valence-electron chi connectivity index (χ0n) is 23.8. The summed E-state index contributed by atoms with van der Waals surface area (Å²) in [5.41, 5.74) is 0.858. The molecule has 224 valence electrons. The number of nitrogens with one attached hydrogen (secondary N) is 1. The van der Waals surface area contributed by atoms with Crippen molar-refractivity contribution in [3.8, 4) is 11.4 Å². The quantitative estimate of drug-likeness (QED) is 0.334. The van der Waals surface area contributed by atoms with Crippen molar-refractivity contribution in [1.29, 1.82) is 0 Å². The van der Waals surface area contributed by atoms with Gasteiger partial charge in [-0.3, -0.25) is 9.59 Å². The maximum Gasteiger partial charge on any atom is 0.506 e. The molecule has 5 rings (SSSR count). The molecule has 1 unspecified atom stereocenters. The third-order valence-corrected chi connectivity index (χ3v) is 7.94. The third kappa shape index (κ3) is 6.55. The molecule has 13 heteroatoms. The maximum atomic E-state index is 13.4. The number of benzene rings is 1. The van der Waals surface area contributed by atoms with Crippen LogP contribution in [0.3, 0.4) is 0 Å². The van der Waals surface area contributed by atoms with E-state index in [2.05, 4.69) is 10.3 Å². The number of piperidine rings is 1. The molecule has 1 aliphatic carbocycles. The molecule has 2 N–H and O–H groups in total. The fraction of sp³-hybridized carbons (Fsp3) is 0.517. The van der Waals surface area contributed by atoms with E-state index in [0.717, 1.165) is 18.4 Å². The van der Waals surface area contributed by atoms with Crippen LogP contribution < -0.4 is 10.2 Å². The van der Waals surface area contributed by atoms with E-state index >= 15 is 0 Å². The summed E-state index contributed by atoms with van der Waals surface area (Å²) in [6, 6.07) is 10.1. The second-order valence-corrected chi connectivity index (χ2v) is 10.9. The Labute approximate surface area is 243 Å². The molecule has 2 aliphatic heterocycles. The van der Waals surface area contributed by atoms with Gasteiger partial charge in [-0.15, -0.1) is 0 Å². The minimum atomic E-state index is -1.27. The zero-order valence-corrected chi connectivity index (χ0v) is 23.8. The largest absolute Gasteiger partial charge is 0.506 e. The van der Waals surface area contributed by atoms with Crippen LogP contribution in [0.2, 0.25) is 0 Å². The second-order valence-electron chi connectivity index (χ2n) is 10.9. The van der Waals surface area contributed by atoms with Crippen molar-refractivity contribution in [3.63, 3.8) is 0 Å². The van der Waals surface area contributed by atoms with E-state index in [0.29, 0.717) is 57.5 Å². The summed E-state index contributed by atoms with van der Waals surface area (Å²) < 4.78 is 10.2. The van der Waals surface area contributed by atoms with E-state index in [-0.39, 0.29) is 35.6 Å². The van der Waals surface area contributed by atoms with Gasteiger partial charge in [0.05, 0.1) is 6.61 Å². The summed E-state index contributed by atoms with van der Waals surface area (Å²) in [4.78, 5) is 64.1. The van der Waals surface area contributed by atoms with Crippen LogP contribution in [-0.2, 0) is 14.3 Å². The molecule has 2 saturated heterocycles. The highest BCUT2D eigenvalue weighted by atomic mass is 16.7. The first-order valence-electron chi connectivity index (χ1n) is 14.4. The molecule has 3 amide bonds. The average molecular weight is 581 g/mol. The van der Waals surface area contributed by atoms with Gasteiger partial charge in [-0.25, -0.2) is 19.6 Å². The standard InChI is InChI=1S/C29H36N6O7/c1-3-4-14-41-28(38)34-12-10-33(11-13-34)27(37)18(2)30-26(36)22-15-23(32-25(31-22)19-8-6-5-7-9-19)35-16-20-21(17-35)24(20)42-29(39)40/h5-9,15,18,20-21,24H,3-4,10-14,16-17H2,1-2H3,(H,30,36)(H,39,40)/t18-,20-,21+,24?/m0/s1. The predicted molar refractivity (Wildman–Crippen MR) is 151 cm³/mol. The number of carbonyl (C=O) groups is 4. The van der Waals surface area contributed by atoms with Gasteiger partial charge in [-0.2, -0.15) is 0 Å². The van der Waals surface area contributed by atoms with E-state index in [1.54, 1.807) is 22.8 Å². The van der Waals surface area contributed by atoms with Crippen molar-refractivity contribution in [2.45, 2.75) is 38.8 Å². The molecule has 13 nitrogen and oxygen atoms in total. The van der Waals surface area contributed by atoms with Crippen LogP contribution in [0.15, 0.2) is 36.4 Å². The van der Waals surface area contributed by atoms with Gasteiger partial charge in [0.2, 0.25) is 5.91 Å². The Kier molecular flexibility index (Phi) is 8.74. The van der Waals surface area contributed by atoms with Crippen LogP contribution in [0.5, 0.6) is 0 Å². The Morgan fingerprint density at radius 3 is 2.33 bits per heavy atom. The monoisotopic (exact) mass is 580 g/mol. The summed E-state index contributed by atoms with van der Waals surface area (Å²) in [6.45, 7) is 6.57.